The van der Waals surface area contributed by atoms with Gasteiger partial charge in [-0.2, -0.15) is 5.12 Å². The van der Waals surface area contributed by atoms with Crippen LogP contribution in [0.15, 0.2) is 16.6 Å². The predicted molar refractivity (Wildman–Crippen MR) is 144 cm³/mol. The van der Waals surface area contributed by atoms with E-state index in [4.69, 9.17) is 5.73 Å². The number of amides is 1. The summed E-state index contributed by atoms with van der Waals surface area (Å²) in [7, 11) is 0. The largest absolute Gasteiger partial charge is 0.325 e. The summed E-state index contributed by atoms with van der Waals surface area (Å²) >= 11 is 0. The number of carbonyl (C=O) groups is 1. The molecule has 0 spiro atoms. The third kappa shape index (κ3) is 4.99. The molecule has 0 aromatic carbocycles. The first kappa shape index (κ1) is 28.3. The smallest absolute Gasteiger partial charge is 0.271 e. The van der Waals surface area contributed by atoms with Crippen LogP contribution in [0.25, 0.3) is 0 Å². The number of nitrogens with one attached hydrogen (secondary N) is 1. The van der Waals surface area contributed by atoms with Crippen molar-refractivity contribution in [3.63, 3.8) is 0 Å². The van der Waals surface area contributed by atoms with Crippen LogP contribution in [0.5, 0.6) is 0 Å². The predicted octanol–water partition coefficient (Wildman–Crippen LogP) is 5.85. The van der Waals surface area contributed by atoms with Crippen LogP contribution >= 0.6 is 0 Å². The summed E-state index contributed by atoms with van der Waals surface area (Å²) in [5.74, 6) is 0.847. The summed E-state index contributed by atoms with van der Waals surface area (Å²) in [6, 6.07) is 0. The Kier molecular flexibility index (Phi) is 8.90. The van der Waals surface area contributed by atoms with Crippen molar-refractivity contribution in [2.45, 2.75) is 105 Å². The fourth-order valence-corrected chi connectivity index (χ4v) is 8.64. The van der Waals surface area contributed by atoms with Crippen LogP contribution in [-0.2, 0) is 4.79 Å². The number of rotatable bonds is 8. The van der Waals surface area contributed by atoms with Crippen molar-refractivity contribution < 1.29 is 9.28 Å². The minimum atomic E-state index is -0.548. The molecule has 200 valence electrons. The molecule has 6 unspecified atom stereocenters. The molecule has 0 aliphatic heterocycles. The molecule has 0 aromatic rings. The van der Waals surface area contributed by atoms with E-state index in [0.29, 0.717) is 29.4 Å². The van der Waals surface area contributed by atoms with E-state index < -0.39 is 5.91 Å². The average molecular weight is 491 g/mol. The first-order chi connectivity index (χ1) is 16.2. The Morgan fingerprint density at radius 3 is 2.71 bits per heavy atom. The number of fused-ring (bicyclic) bond motifs is 5. The van der Waals surface area contributed by atoms with Gasteiger partial charge in [-0.05, 0) is 100 Å². The van der Waals surface area contributed by atoms with Crippen molar-refractivity contribution in [2.24, 2.45) is 39.3 Å². The molecule has 6 atom stereocenters. The van der Waals surface area contributed by atoms with Crippen LogP contribution in [0.3, 0.4) is 0 Å². The van der Waals surface area contributed by atoms with Gasteiger partial charge in [-0.25, -0.2) is 0 Å². The molecule has 0 aromatic heterocycles. The Morgan fingerprint density at radius 2 is 1.97 bits per heavy atom. The highest BCUT2D eigenvalue weighted by Crippen LogP contribution is 2.67. The van der Waals surface area contributed by atoms with E-state index in [9.17, 15) is 9.28 Å². The highest BCUT2D eigenvalue weighted by atomic mass is 19.2. The van der Waals surface area contributed by atoms with Crippen molar-refractivity contribution in [1.82, 2.24) is 10.4 Å². The van der Waals surface area contributed by atoms with Gasteiger partial charge in [0.1, 0.15) is 6.54 Å². The second-order valence-corrected chi connectivity index (χ2v) is 12.1. The third-order valence-corrected chi connectivity index (χ3v) is 10.4. The van der Waals surface area contributed by atoms with Crippen molar-refractivity contribution in [1.29, 1.82) is 0 Å². The maximum Gasteiger partial charge on any atom is 0.271 e. The van der Waals surface area contributed by atoms with Gasteiger partial charge in [0.05, 0.1) is 6.54 Å². The molecular weight excluding hydrogens is 439 g/mol. The summed E-state index contributed by atoms with van der Waals surface area (Å²) in [5, 5.41) is 3.44. The first-order valence-corrected chi connectivity index (χ1v) is 13.8. The minimum absolute atomic E-state index is 0. The molecule has 5 nitrogen and oxygen atoms in total. The van der Waals surface area contributed by atoms with Crippen molar-refractivity contribution >= 4 is 11.6 Å². The number of nitrogens with two attached hydrogens (primary N) is 1. The van der Waals surface area contributed by atoms with Crippen LogP contribution in [0, 0.1) is 28.6 Å². The Hall–Kier alpha value is -1.27. The number of carbonyl (C=O) groups excluding carboxylic acids is 1. The topological polar surface area (TPSA) is 70.7 Å². The molecule has 35 heavy (non-hydrogen) atoms. The molecule has 0 radical (unpaired) electrons. The highest BCUT2D eigenvalue weighted by Gasteiger charge is 2.64. The van der Waals surface area contributed by atoms with Gasteiger partial charge in [-0.1, -0.05) is 44.3 Å². The molecule has 4 aliphatic rings. The molecule has 3 saturated carbocycles. The van der Waals surface area contributed by atoms with Crippen molar-refractivity contribution in [3.05, 3.63) is 11.6 Å². The zero-order chi connectivity index (χ0) is 24.6. The summed E-state index contributed by atoms with van der Waals surface area (Å²) in [4.78, 5) is 16.9. The summed E-state index contributed by atoms with van der Waals surface area (Å²) < 4.78 is 14.2. The van der Waals surface area contributed by atoms with Crippen LogP contribution in [0.1, 0.15) is 99.3 Å². The SMILES string of the molecule is C.CCCNCCN(F)C(=O)CN=C(C)C1CCC2C1(C)CCC1C3(C)CCCC=C3CCC12N. The lowest BCUT2D eigenvalue weighted by Crippen LogP contribution is -2.66. The first-order valence-electron chi connectivity index (χ1n) is 13.8. The molecule has 1 amide bonds. The number of hydrogen-bond acceptors (Lipinski definition) is 4. The standard InChI is InChI=1S/C28H47FN4O.CH4/c1-5-16-31-17-18-33(29)25(34)19-32-20(2)22-9-10-23-27(22,4)14-12-24-26(3)13-7-6-8-21(26)11-15-28(23,24)30;/h8,22-24,31H,5-7,9-19,30H2,1-4H3;1H4. The van der Waals surface area contributed by atoms with E-state index in [1.54, 1.807) is 5.57 Å². The zero-order valence-electron chi connectivity index (χ0n) is 22.0. The molecular formula is C29H51FN4O. The Balaban J connectivity index is 0.00000342. The molecule has 4 aliphatic carbocycles. The van der Waals surface area contributed by atoms with E-state index in [1.165, 1.54) is 32.1 Å². The van der Waals surface area contributed by atoms with Crippen molar-refractivity contribution in [2.75, 3.05) is 26.2 Å². The van der Waals surface area contributed by atoms with Crippen molar-refractivity contribution in [3.8, 4) is 0 Å². The second-order valence-electron chi connectivity index (χ2n) is 12.1. The minimum Gasteiger partial charge on any atom is -0.325 e. The monoisotopic (exact) mass is 490 g/mol. The molecule has 4 rings (SSSR count). The van der Waals surface area contributed by atoms with E-state index in [1.807, 2.05) is 0 Å². The Bertz CT molecular complexity index is 827. The van der Waals surface area contributed by atoms with Crippen LogP contribution < -0.4 is 11.1 Å². The van der Waals surface area contributed by atoms with Gasteiger partial charge < -0.3 is 11.1 Å². The molecule has 3 fully saturated rings. The zero-order valence-corrected chi connectivity index (χ0v) is 22.0. The maximum atomic E-state index is 14.2. The number of allylic oxidation sites excluding steroid dienone is 2. The molecule has 6 heteroatoms. The summed E-state index contributed by atoms with van der Waals surface area (Å²) in [6.45, 7) is 10.3. The number of aliphatic imine (C=N–C) groups is 1. The van der Waals surface area contributed by atoms with Crippen LogP contribution in [0.2, 0.25) is 0 Å². The Morgan fingerprint density at radius 1 is 1.20 bits per heavy atom. The third-order valence-electron chi connectivity index (χ3n) is 10.4. The molecule has 0 heterocycles. The van der Waals surface area contributed by atoms with Gasteiger partial charge in [0.25, 0.3) is 5.91 Å². The van der Waals surface area contributed by atoms with Crippen LogP contribution in [-0.4, -0.2) is 48.5 Å². The highest BCUT2D eigenvalue weighted by molar-refractivity contribution is 5.88. The van der Waals surface area contributed by atoms with Gasteiger partial charge >= 0.3 is 0 Å². The van der Waals surface area contributed by atoms with E-state index >= 15 is 0 Å². The summed E-state index contributed by atoms with van der Waals surface area (Å²) in [5.41, 5.74) is 10.4. The number of nitrogens with zero attached hydrogens (tertiary/aromatic N) is 2. The molecule has 3 N–H and O–H groups in total. The van der Waals surface area contributed by atoms with Gasteiger partial charge in [0.2, 0.25) is 0 Å². The van der Waals surface area contributed by atoms with Gasteiger partial charge in [-0.3, -0.25) is 9.79 Å². The van der Waals surface area contributed by atoms with E-state index in [0.717, 1.165) is 44.4 Å². The lowest BCUT2D eigenvalue weighted by atomic mass is 9.44. The van der Waals surface area contributed by atoms with Gasteiger partial charge in [0, 0.05) is 23.7 Å². The second kappa shape index (κ2) is 11.0. The fourth-order valence-electron chi connectivity index (χ4n) is 8.64. The van der Waals surface area contributed by atoms with Gasteiger partial charge in [0.15, 0.2) is 0 Å². The van der Waals surface area contributed by atoms with Crippen LogP contribution in [0.4, 0.5) is 4.48 Å². The molecule has 0 saturated heterocycles. The lowest BCUT2D eigenvalue weighted by Gasteiger charge is -2.63. The fraction of sp³-hybridized carbons (Fsp3) is 0.862. The van der Waals surface area contributed by atoms with E-state index in [-0.39, 0.29) is 36.9 Å². The van der Waals surface area contributed by atoms with Gasteiger partial charge in [-0.15, -0.1) is 0 Å². The lowest BCUT2D eigenvalue weighted by molar-refractivity contribution is -0.144. The number of halogens is 1. The summed E-state index contributed by atoms with van der Waals surface area (Å²) in [6.07, 6.45) is 14.2. The quantitative estimate of drug-likeness (QED) is 0.194. The Labute approximate surface area is 213 Å². The molecule has 0 bridgehead atoms. The van der Waals surface area contributed by atoms with E-state index in [2.05, 4.69) is 44.1 Å². The number of hydrogen-bond donors (Lipinski definition) is 2. The normalized spacial score (nSPS) is 38.5. The average Bonchev–Trinajstić information content (AvgIpc) is 3.17. The maximum absolute atomic E-state index is 14.2.